The zero-order chi connectivity index (χ0) is 104. The van der Waals surface area contributed by atoms with Gasteiger partial charge in [-0.05, 0) is 136 Å². The second-order valence-electron chi connectivity index (χ2n) is 34.8. The van der Waals surface area contributed by atoms with Gasteiger partial charge in [-0.25, -0.2) is 0 Å². The molecule has 0 spiro atoms. The van der Waals surface area contributed by atoms with Gasteiger partial charge in [0, 0.05) is 77.0 Å². The predicted molar refractivity (Wildman–Crippen MR) is 521 cm³/mol. The van der Waals surface area contributed by atoms with Gasteiger partial charge in [-0.1, -0.05) is 122 Å². The minimum absolute atomic E-state index is 0.00391. The average Bonchev–Trinajstić information content (AvgIpc) is 1.71. The number of aliphatic hydroxyl groups excluding tert-OH is 1. The van der Waals surface area contributed by atoms with Crippen molar-refractivity contribution in [1.82, 2.24) is 100 Å². The summed E-state index contributed by atoms with van der Waals surface area (Å²) in [5.41, 5.74) is 30.3. The van der Waals surface area contributed by atoms with Crippen LogP contribution in [-0.4, -0.2) is 297 Å². The summed E-state index contributed by atoms with van der Waals surface area (Å²) in [6.45, 7) is 6.27. The van der Waals surface area contributed by atoms with Crippen LogP contribution in [0, 0.1) is 44.8 Å². The van der Waals surface area contributed by atoms with E-state index in [0.717, 1.165) is 49.4 Å². The molecule has 0 aliphatic carbocycles. The highest BCUT2D eigenvalue weighted by molar-refractivity contribution is 8.76. The zero-order valence-corrected chi connectivity index (χ0v) is 81.1. The van der Waals surface area contributed by atoms with Gasteiger partial charge >= 0.3 is 5.97 Å². The highest BCUT2D eigenvalue weighted by Crippen LogP contribution is 2.29. The van der Waals surface area contributed by atoms with Gasteiger partial charge in [0.15, 0.2) is 23.8 Å². The Morgan fingerprint density at radius 2 is 0.929 bits per heavy atom. The van der Waals surface area contributed by atoms with Crippen molar-refractivity contribution in [3.05, 3.63) is 90.0 Å². The first-order chi connectivity index (χ1) is 67.0. The minimum atomic E-state index is -2.06. The van der Waals surface area contributed by atoms with E-state index in [4.69, 9.17) is 50.3 Å². The Morgan fingerprint density at radius 3 is 1.41 bits per heavy atom. The molecule has 51 heteroatoms. The first-order valence-corrected chi connectivity index (χ1v) is 49.0. The summed E-state index contributed by atoms with van der Waals surface area (Å²) in [5, 5.41) is 117. The molecule has 3 saturated heterocycles. The lowest BCUT2D eigenvalue weighted by Gasteiger charge is -2.31. The number of phenolic OH excluding ortho intramolecular Hbond substituents is 1. The van der Waals surface area contributed by atoms with Crippen molar-refractivity contribution in [2.45, 2.75) is 247 Å². The Labute approximate surface area is 823 Å². The monoisotopic (exact) mass is 2010 g/mol. The van der Waals surface area contributed by atoms with E-state index in [0.29, 0.717) is 5.56 Å². The molecular weight excluding hydrogens is 1870 g/mol. The van der Waals surface area contributed by atoms with E-state index in [1.165, 1.54) is 24.3 Å². The molecule has 0 unspecified atom stereocenters. The second kappa shape index (κ2) is 59.2. The van der Waals surface area contributed by atoms with Crippen molar-refractivity contribution in [3.63, 3.8) is 0 Å². The third kappa shape index (κ3) is 39.5. The number of nitrogens with one attached hydrogen (secondary N) is 21. The first-order valence-electron chi connectivity index (χ1n) is 46.5. The number of phenols is 1. The molecule has 3 aliphatic rings. The summed E-state index contributed by atoms with van der Waals surface area (Å²) < 4.78 is 0. The fourth-order valence-electron chi connectivity index (χ4n) is 15.7. The number of nitriles is 1. The minimum Gasteiger partial charge on any atom is -0.508 e. The number of hydrogen-bond donors (Lipinski definition) is 29. The van der Waals surface area contributed by atoms with Crippen LogP contribution in [0.1, 0.15) is 155 Å². The van der Waals surface area contributed by atoms with Crippen molar-refractivity contribution in [2.75, 3.05) is 57.4 Å². The molecule has 3 fully saturated rings. The Hall–Kier alpha value is -14.3. The van der Waals surface area contributed by atoms with Gasteiger partial charge < -0.3 is 144 Å². The van der Waals surface area contributed by atoms with Crippen molar-refractivity contribution in [3.8, 4) is 22.9 Å². The maximum atomic E-state index is 15.9. The Morgan fingerprint density at radius 1 is 0.504 bits per heavy atom. The molecule has 6 rings (SSSR count). The number of aromatic hydroxyl groups is 1. The van der Waals surface area contributed by atoms with E-state index in [9.17, 15) is 63.7 Å². The van der Waals surface area contributed by atoms with Crippen molar-refractivity contribution in [1.29, 1.82) is 26.9 Å². The van der Waals surface area contributed by atoms with E-state index in [1.54, 1.807) is 52.0 Å². The molecule has 0 saturated carbocycles. The van der Waals surface area contributed by atoms with Crippen LogP contribution in [0.5, 0.6) is 5.75 Å². The number of carbonyl (C=O) groups excluding carboxylic acids is 16. The third-order valence-electron chi connectivity index (χ3n) is 23.3. The van der Waals surface area contributed by atoms with E-state index in [1.807, 2.05) is 36.4 Å². The molecule has 141 heavy (non-hydrogen) atoms. The number of hydrogen-bond acceptors (Lipinski definition) is 26. The number of carboxylic acid groups (broad SMARTS) is 1. The average molecular weight is 2010 g/mol. The highest BCUT2D eigenvalue weighted by Gasteiger charge is 2.45. The normalized spacial score (nSPS) is 21.8. The molecule has 772 valence electrons. The summed E-state index contributed by atoms with van der Waals surface area (Å²) in [6, 6.07) is -1.57. The van der Waals surface area contributed by atoms with Crippen LogP contribution in [0.15, 0.2) is 78.9 Å². The molecule has 16 amide bonds. The third-order valence-corrected chi connectivity index (χ3v) is 25.7. The molecule has 49 nitrogen and oxygen atoms in total. The molecule has 3 aromatic carbocycles. The van der Waals surface area contributed by atoms with E-state index >= 15 is 38.4 Å². The molecule has 3 aliphatic heterocycles. The molecular formula is C90H135N29O20S2. The van der Waals surface area contributed by atoms with Crippen LogP contribution in [0.4, 0.5) is 0 Å². The molecule has 0 radical (unpaired) electrons. The number of rotatable bonds is 40. The van der Waals surface area contributed by atoms with Crippen LogP contribution in [0.2, 0.25) is 0 Å². The predicted octanol–water partition coefficient (Wildman–Crippen LogP) is -5.05. The first kappa shape index (κ1) is 115. The van der Waals surface area contributed by atoms with Gasteiger partial charge in [-0.15, -0.1) is 0 Å². The van der Waals surface area contributed by atoms with Crippen molar-refractivity contribution < 1.29 is 96.8 Å². The summed E-state index contributed by atoms with van der Waals surface area (Å²) in [4.78, 5) is 252. The molecule has 0 aromatic heterocycles. The molecule has 34 N–H and O–H groups in total. The maximum absolute atomic E-state index is 15.9. The van der Waals surface area contributed by atoms with Gasteiger partial charge in [0.2, 0.25) is 94.5 Å². The number of benzene rings is 3. The number of fused-ring (bicyclic) bond motifs is 2. The van der Waals surface area contributed by atoms with E-state index in [-0.39, 0.29) is 153 Å². The number of primary amides is 1. The fourth-order valence-corrected chi connectivity index (χ4v) is 18.0. The number of carboxylic acids is 1. The Kier molecular flexibility index (Phi) is 48.4. The fraction of sp³-hybridized carbons (Fsp3) is 0.556. The lowest BCUT2D eigenvalue weighted by atomic mass is 9.96. The summed E-state index contributed by atoms with van der Waals surface area (Å²) in [7, 11) is 1.53. The SMILES string of the molecule is CC[C@H](C)[C@@H]1NC(=O)[C@H](Cc2ccc(-c3ccccc3)cc2)NC(=O)[C@H](CC(C)C)NC(=O)[C@@H]2CCCN2C(=O)[C@@H](NC(=O)[C@H](CCCNC(=N)N)NC(=O)[C@H](CCCNC(=N)N)NC(C)=O)CSSC[C@@H](C(=O)N[C@@H](CCCNC(=N)N)C(=O)N[C@@H](CCCNC(=N)N)C(N)=O)NC(=O)[C@H](CCC#N)NC(=O)[C@@H]2CCCN2C(=O)[C@H](CC(=O)O)NC(=O)[C@H](Cc2ccc(O)cc2)NC(=O)[C@H](CO)NC1=O. The smallest absolute Gasteiger partial charge is 0.305 e. The number of amides is 16. The summed E-state index contributed by atoms with van der Waals surface area (Å²) >= 11 is 0. The van der Waals surface area contributed by atoms with Crippen LogP contribution in [0.25, 0.3) is 11.1 Å². The standard InChI is InChI=1S/C90H135N29O20S2/c1-6-49(4)71-84(137)114-65(45-120)80(133)111-62(43-52-28-32-55(122)33-29-52)78(131)113-64(44-70(123)124)85(138)118-39-15-24-68(118)82(135)109-58(19-10-34-91)75(128)115-66(81(134)108-59(22-13-37-103-89(97)98)74(127)106-56(72(92)125)20-11-35-101-87(93)94)46-140-141-47-67(116-76(129)60(23-14-38-104-90(99)100)107-73(126)57(105-50(5)121)21-12-36-102-88(95)96)86(139)119-40-16-25-69(119)83(136)112-61(41-48(2)3)77(130)110-63(79(132)117-71)42-51-26-30-54(31-27-51)53-17-8-7-9-18-53/h7-9,17-18,26-33,48-49,56-69,71,120,122H,6,10-16,19-25,35-47H2,1-5H3,(H2,92,125)(H,105,121)(H,106,127)(H,107,126)(H,108,134)(H,109,135)(H,110,130)(H,111,133)(H,112,136)(H,113,131)(H,114,137)(H,115,128)(H,116,129)(H,117,132)(H,123,124)(H4,93,94,101)(H4,95,96,102)(H4,97,98,103)(H4,99,100,104)/t49-,56-,57-,58-,59-,60-,61-,62-,63-,64-,65-,66-,67-,68-,69-,71-/m0/s1. The maximum Gasteiger partial charge on any atom is 0.305 e. The quantitative estimate of drug-likeness (QED) is 0.0110. The second-order valence-corrected chi connectivity index (χ2v) is 37.4. The van der Waals surface area contributed by atoms with Crippen LogP contribution in [-0.2, 0) is 94.3 Å². The van der Waals surface area contributed by atoms with Crippen LogP contribution < -0.4 is 119 Å². The highest BCUT2D eigenvalue weighted by atomic mass is 33.1. The summed E-state index contributed by atoms with van der Waals surface area (Å²) in [6.07, 6.45) is -3.41. The topological polar surface area (TPSA) is 811 Å². The number of nitrogens with zero attached hydrogens (tertiary/aromatic N) is 3. The number of aliphatic carboxylic acids is 1. The Balaban J connectivity index is 1.56. The van der Waals surface area contributed by atoms with Gasteiger partial charge in [0.1, 0.15) is 96.4 Å². The molecule has 3 aromatic rings. The van der Waals surface area contributed by atoms with E-state index < -0.39 is 265 Å². The van der Waals surface area contributed by atoms with E-state index in [2.05, 4.69) is 90.4 Å². The molecule has 0 bridgehead atoms. The molecule has 16 atom stereocenters. The van der Waals surface area contributed by atoms with Crippen LogP contribution in [0.3, 0.4) is 0 Å². The number of nitrogens with two attached hydrogens (primary N) is 5. The number of aliphatic hydroxyl groups is 1. The van der Waals surface area contributed by atoms with Crippen molar-refractivity contribution in [2.24, 2.45) is 40.5 Å². The van der Waals surface area contributed by atoms with Crippen molar-refractivity contribution >= 4 is 146 Å². The van der Waals surface area contributed by atoms with Gasteiger partial charge in [0.25, 0.3) is 0 Å². The van der Waals surface area contributed by atoms with Crippen LogP contribution >= 0.6 is 21.6 Å². The van der Waals surface area contributed by atoms with Gasteiger partial charge in [0.05, 0.1) is 19.1 Å². The largest absolute Gasteiger partial charge is 0.508 e. The van der Waals surface area contributed by atoms with Gasteiger partial charge in [-0.3, -0.25) is 103 Å². The summed E-state index contributed by atoms with van der Waals surface area (Å²) in [5.74, 6) is -22.4. The zero-order valence-electron chi connectivity index (χ0n) is 79.4. The lowest BCUT2D eigenvalue weighted by Crippen LogP contribution is -2.62. The lowest BCUT2D eigenvalue weighted by molar-refractivity contribution is -0.146. The van der Waals surface area contributed by atoms with Gasteiger partial charge in [-0.2, -0.15) is 5.26 Å². The Bertz CT molecular complexity index is 4910. The molecule has 3 heterocycles. The number of carbonyl (C=O) groups is 17. The number of guanidine groups is 4.